The molecule has 0 spiro atoms. The molecule has 0 fully saturated rings. The van der Waals surface area contributed by atoms with Gasteiger partial charge in [0.25, 0.3) is 5.56 Å². The lowest BCUT2D eigenvalue weighted by molar-refractivity contribution is 0.139. The summed E-state index contributed by atoms with van der Waals surface area (Å²) in [6.07, 6.45) is -0.511. The molecule has 0 unspecified atom stereocenters. The number of hydrogen-bond donors (Lipinski definition) is 2. The number of rotatable bonds is 4. The van der Waals surface area contributed by atoms with Crippen LogP contribution in [0.4, 0.5) is 4.79 Å². The van der Waals surface area contributed by atoms with Crippen LogP contribution in [-0.2, 0) is 4.74 Å². The third-order valence-electron chi connectivity index (χ3n) is 5.92. The fourth-order valence-corrected chi connectivity index (χ4v) is 4.36. The summed E-state index contributed by atoms with van der Waals surface area (Å²) >= 11 is 0. The van der Waals surface area contributed by atoms with E-state index in [4.69, 9.17) is 4.74 Å². The van der Waals surface area contributed by atoms with Gasteiger partial charge in [0.15, 0.2) is 0 Å². The van der Waals surface area contributed by atoms with Crippen molar-refractivity contribution in [1.82, 2.24) is 10.3 Å². The molecule has 1 aromatic heterocycles. The number of carbonyl (C=O) groups is 1. The van der Waals surface area contributed by atoms with Crippen molar-refractivity contribution in [2.75, 3.05) is 6.61 Å². The molecule has 1 amide bonds. The molecule has 0 radical (unpaired) electrons. The van der Waals surface area contributed by atoms with E-state index in [1.807, 2.05) is 55.5 Å². The first-order valence-corrected chi connectivity index (χ1v) is 10.4. The number of amides is 1. The summed E-state index contributed by atoms with van der Waals surface area (Å²) in [7, 11) is 0. The van der Waals surface area contributed by atoms with Gasteiger partial charge in [0, 0.05) is 17.0 Å². The number of pyridine rings is 1. The summed E-state index contributed by atoms with van der Waals surface area (Å²) in [6, 6.07) is 25.3. The van der Waals surface area contributed by atoms with Crippen molar-refractivity contribution in [3.8, 4) is 11.1 Å². The summed E-state index contributed by atoms with van der Waals surface area (Å²) in [5.41, 5.74) is 5.18. The molecule has 4 aromatic rings. The molecule has 0 aliphatic heterocycles. The number of alkyl carbamates (subject to hydrolysis) is 1. The van der Waals surface area contributed by atoms with E-state index in [1.165, 1.54) is 22.3 Å². The van der Waals surface area contributed by atoms with E-state index >= 15 is 0 Å². The maximum atomic E-state index is 12.5. The highest BCUT2D eigenvalue weighted by Gasteiger charge is 2.29. The Morgan fingerprint density at radius 3 is 2.29 bits per heavy atom. The van der Waals surface area contributed by atoms with Gasteiger partial charge in [-0.3, -0.25) is 4.79 Å². The lowest BCUT2D eigenvalue weighted by atomic mass is 9.98. The maximum absolute atomic E-state index is 12.5. The normalized spacial score (nSPS) is 13.5. The third kappa shape index (κ3) is 3.48. The number of aromatic nitrogens is 1. The second-order valence-corrected chi connectivity index (χ2v) is 7.83. The predicted octanol–water partition coefficient (Wildman–Crippen LogP) is 5.13. The van der Waals surface area contributed by atoms with Gasteiger partial charge in [0.1, 0.15) is 6.61 Å². The molecule has 1 atom stereocenters. The van der Waals surface area contributed by atoms with Crippen LogP contribution in [0.5, 0.6) is 0 Å². The summed E-state index contributed by atoms with van der Waals surface area (Å²) in [5.74, 6) is 0.00827. The van der Waals surface area contributed by atoms with E-state index in [2.05, 4.69) is 34.6 Å². The molecule has 2 N–H and O–H groups in total. The molecule has 5 heteroatoms. The Labute approximate surface area is 179 Å². The fraction of sp³-hybridized carbons (Fsp3) is 0.154. The molecule has 3 aromatic carbocycles. The summed E-state index contributed by atoms with van der Waals surface area (Å²) in [6.45, 7) is 2.07. The zero-order valence-corrected chi connectivity index (χ0v) is 17.1. The van der Waals surface area contributed by atoms with Gasteiger partial charge in [-0.15, -0.1) is 0 Å². The first kappa shape index (κ1) is 19.1. The molecule has 1 aliphatic carbocycles. The second kappa shape index (κ2) is 7.76. The SMILES string of the molecule is C[C@H](NC(=O)OCC1c2ccccc2-c2ccccc21)c1cc2ccccc2c(=O)[nH]1. The van der Waals surface area contributed by atoms with Crippen molar-refractivity contribution >= 4 is 16.9 Å². The number of H-pyrrole nitrogens is 1. The Bertz CT molecular complexity index is 1300. The summed E-state index contributed by atoms with van der Waals surface area (Å²) in [4.78, 5) is 27.7. The van der Waals surface area contributed by atoms with E-state index in [0.717, 1.165) is 5.39 Å². The number of fused-ring (bicyclic) bond motifs is 4. The number of ether oxygens (including phenoxy) is 1. The van der Waals surface area contributed by atoms with Gasteiger partial charge in [-0.1, -0.05) is 66.7 Å². The van der Waals surface area contributed by atoms with E-state index in [9.17, 15) is 9.59 Å². The molecule has 1 heterocycles. The van der Waals surface area contributed by atoms with Gasteiger partial charge in [0.05, 0.1) is 6.04 Å². The van der Waals surface area contributed by atoms with Gasteiger partial charge >= 0.3 is 6.09 Å². The van der Waals surface area contributed by atoms with Crippen LogP contribution in [0.3, 0.4) is 0 Å². The van der Waals surface area contributed by atoms with Crippen LogP contribution in [0.25, 0.3) is 21.9 Å². The highest BCUT2D eigenvalue weighted by molar-refractivity contribution is 5.82. The minimum atomic E-state index is -0.511. The first-order chi connectivity index (χ1) is 15.1. The molecule has 31 heavy (non-hydrogen) atoms. The number of carbonyl (C=O) groups excluding carboxylic acids is 1. The van der Waals surface area contributed by atoms with Crippen LogP contribution >= 0.6 is 0 Å². The molecular formula is C26H22N2O3. The van der Waals surface area contributed by atoms with Gasteiger partial charge in [-0.2, -0.15) is 0 Å². The van der Waals surface area contributed by atoms with Crippen molar-refractivity contribution < 1.29 is 9.53 Å². The predicted molar refractivity (Wildman–Crippen MR) is 121 cm³/mol. The maximum Gasteiger partial charge on any atom is 0.407 e. The van der Waals surface area contributed by atoms with Crippen molar-refractivity contribution in [2.45, 2.75) is 18.9 Å². The summed E-state index contributed by atoms with van der Waals surface area (Å²) in [5, 5.41) is 4.29. The molecule has 1 aliphatic rings. The van der Waals surface area contributed by atoms with Crippen LogP contribution in [0.1, 0.15) is 35.7 Å². The molecule has 0 saturated carbocycles. The van der Waals surface area contributed by atoms with Crippen LogP contribution in [-0.4, -0.2) is 17.7 Å². The Hall–Kier alpha value is -3.86. The van der Waals surface area contributed by atoms with Crippen molar-refractivity contribution in [2.24, 2.45) is 0 Å². The Kier molecular flexibility index (Phi) is 4.79. The van der Waals surface area contributed by atoms with E-state index in [1.54, 1.807) is 6.07 Å². The van der Waals surface area contributed by atoms with Crippen LogP contribution in [0.2, 0.25) is 0 Å². The highest BCUT2D eigenvalue weighted by Crippen LogP contribution is 2.44. The van der Waals surface area contributed by atoms with E-state index < -0.39 is 12.1 Å². The average Bonchev–Trinajstić information content (AvgIpc) is 3.11. The number of benzene rings is 3. The van der Waals surface area contributed by atoms with E-state index in [-0.39, 0.29) is 18.1 Å². The van der Waals surface area contributed by atoms with Crippen LogP contribution < -0.4 is 10.9 Å². The Balaban J connectivity index is 1.30. The summed E-state index contributed by atoms with van der Waals surface area (Å²) < 4.78 is 5.61. The zero-order chi connectivity index (χ0) is 21.4. The minimum Gasteiger partial charge on any atom is -0.449 e. The number of hydrogen-bond acceptors (Lipinski definition) is 3. The zero-order valence-electron chi connectivity index (χ0n) is 17.1. The molecule has 5 nitrogen and oxygen atoms in total. The standard InChI is InChI=1S/C26H22N2O3/c1-16(24-14-17-8-2-3-9-18(17)25(29)28-24)27-26(30)31-15-23-21-12-6-4-10-19(21)20-11-5-7-13-22(20)23/h2-14,16,23H,15H2,1H3,(H,27,30)(H,28,29)/t16-/m0/s1. The smallest absolute Gasteiger partial charge is 0.407 e. The quantitative estimate of drug-likeness (QED) is 0.490. The topological polar surface area (TPSA) is 71.2 Å². The lowest BCUT2D eigenvalue weighted by Gasteiger charge is -2.17. The molecule has 0 saturated heterocycles. The average molecular weight is 410 g/mol. The van der Waals surface area contributed by atoms with Gasteiger partial charge in [-0.25, -0.2) is 4.79 Å². The second-order valence-electron chi connectivity index (χ2n) is 7.83. The number of nitrogens with one attached hydrogen (secondary N) is 2. The minimum absolute atomic E-state index is 0.00827. The highest BCUT2D eigenvalue weighted by atomic mass is 16.5. The van der Waals surface area contributed by atoms with Gasteiger partial charge in [-0.05, 0) is 46.7 Å². The van der Waals surface area contributed by atoms with E-state index in [0.29, 0.717) is 11.1 Å². The monoisotopic (exact) mass is 410 g/mol. The number of aromatic amines is 1. The van der Waals surface area contributed by atoms with Gasteiger partial charge in [0.2, 0.25) is 0 Å². The Morgan fingerprint density at radius 2 is 1.58 bits per heavy atom. The van der Waals surface area contributed by atoms with Crippen molar-refractivity contribution in [3.63, 3.8) is 0 Å². The molecular weight excluding hydrogens is 388 g/mol. The van der Waals surface area contributed by atoms with Crippen molar-refractivity contribution in [1.29, 1.82) is 0 Å². The van der Waals surface area contributed by atoms with Crippen molar-refractivity contribution in [3.05, 3.63) is 106 Å². The fourth-order valence-electron chi connectivity index (χ4n) is 4.36. The molecule has 0 bridgehead atoms. The van der Waals surface area contributed by atoms with Gasteiger partial charge < -0.3 is 15.0 Å². The lowest BCUT2D eigenvalue weighted by Crippen LogP contribution is -2.30. The van der Waals surface area contributed by atoms with Crippen LogP contribution in [0.15, 0.2) is 83.7 Å². The Morgan fingerprint density at radius 1 is 0.968 bits per heavy atom. The molecule has 154 valence electrons. The largest absolute Gasteiger partial charge is 0.449 e. The first-order valence-electron chi connectivity index (χ1n) is 10.4. The molecule has 5 rings (SSSR count). The third-order valence-corrected chi connectivity index (χ3v) is 5.92. The van der Waals surface area contributed by atoms with Crippen LogP contribution in [0, 0.1) is 0 Å².